The topological polar surface area (TPSA) is 12.0 Å². The number of nitrogens with one attached hydrogen (secondary N) is 1. The Bertz CT molecular complexity index is 613. The van der Waals surface area contributed by atoms with Gasteiger partial charge in [0.05, 0.1) is 0 Å². The highest BCUT2D eigenvalue weighted by Gasteiger charge is 2.20. The van der Waals surface area contributed by atoms with Crippen LogP contribution in [0, 0.1) is 5.82 Å². The maximum atomic E-state index is 13.1. The van der Waals surface area contributed by atoms with Gasteiger partial charge in [-0.2, -0.15) is 0 Å². The van der Waals surface area contributed by atoms with Crippen LogP contribution in [0.25, 0.3) is 0 Å². The molecule has 104 valence electrons. The average molecular weight is 308 g/mol. The van der Waals surface area contributed by atoms with E-state index in [0.29, 0.717) is 6.04 Å². The lowest BCUT2D eigenvalue weighted by Gasteiger charge is -2.08. The fraction of sp³-hybridized carbons (Fsp3) is 0.250. The number of rotatable bonds is 5. The third-order valence-corrected chi connectivity index (χ3v) is 4.55. The Morgan fingerprint density at radius 3 is 2.65 bits per heavy atom. The van der Waals surface area contributed by atoms with Crippen molar-refractivity contribution in [1.82, 2.24) is 5.32 Å². The summed E-state index contributed by atoms with van der Waals surface area (Å²) >= 11 is 7.82. The molecule has 0 aliphatic heterocycles. The molecule has 1 saturated carbocycles. The van der Waals surface area contributed by atoms with Crippen molar-refractivity contribution in [2.45, 2.75) is 35.2 Å². The molecule has 1 aliphatic carbocycles. The van der Waals surface area contributed by atoms with E-state index in [9.17, 15) is 4.39 Å². The van der Waals surface area contributed by atoms with Gasteiger partial charge < -0.3 is 5.32 Å². The van der Waals surface area contributed by atoms with Crippen molar-refractivity contribution in [3.8, 4) is 0 Å². The predicted octanol–water partition coefficient (Wildman–Crippen LogP) is 4.88. The maximum absolute atomic E-state index is 13.1. The summed E-state index contributed by atoms with van der Waals surface area (Å²) < 4.78 is 13.1. The molecule has 0 spiro atoms. The molecule has 20 heavy (non-hydrogen) atoms. The molecule has 0 unspecified atom stereocenters. The molecule has 0 heterocycles. The normalized spacial score (nSPS) is 14.5. The monoisotopic (exact) mass is 307 g/mol. The zero-order valence-corrected chi connectivity index (χ0v) is 12.5. The van der Waals surface area contributed by atoms with Crippen LogP contribution in [0.1, 0.15) is 18.4 Å². The zero-order valence-electron chi connectivity index (χ0n) is 10.9. The summed E-state index contributed by atoms with van der Waals surface area (Å²) in [5, 5.41) is 4.21. The Kier molecular flexibility index (Phi) is 4.29. The molecule has 3 rings (SSSR count). The van der Waals surface area contributed by atoms with Gasteiger partial charge in [-0.05, 0) is 48.7 Å². The lowest BCUT2D eigenvalue weighted by Crippen LogP contribution is -2.15. The van der Waals surface area contributed by atoms with Crippen LogP contribution in [0.15, 0.2) is 52.3 Å². The Labute approximate surface area is 127 Å². The second kappa shape index (κ2) is 6.17. The van der Waals surface area contributed by atoms with Gasteiger partial charge in [0.2, 0.25) is 0 Å². The molecular weight excluding hydrogens is 293 g/mol. The molecule has 4 heteroatoms. The average Bonchev–Trinajstić information content (AvgIpc) is 3.22. The smallest absolute Gasteiger partial charge is 0.124 e. The second-order valence-electron chi connectivity index (χ2n) is 4.97. The van der Waals surface area contributed by atoms with Gasteiger partial charge in [-0.15, -0.1) is 0 Å². The lowest BCUT2D eigenvalue weighted by atomic mass is 10.2. The van der Waals surface area contributed by atoms with Crippen molar-refractivity contribution in [1.29, 1.82) is 0 Å². The largest absolute Gasteiger partial charge is 0.310 e. The molecule has 1 aliphatic rings. The van der Waals surface area contributed by atoms with Crippen LogP contribution in [0.5, 0.6) is 0 Å². The zero-order chi connectivity index (χ0) is 13.9. The highest BCUT2D eigenvalue weighted by atomic mass is 35.5. The molecule has 0 saturated heterocycles. The first kappa shape index (κ1) is 13.9. The first-order valence-corrected chi connectivity index (χ1v) is 7.85. The Morgan fingerprint density at radius 2 is 1.95 bits per heavy atom. The van der Waals surface area contributed by atoms with Crippen molar-refractivity contribution in [3.63, 3.8) is 0 Å². The third kappa shape index (κ3) is 3.75. The van der Waals surface area contributed by atoms with Gasteiger partial charge in [-0.1, -0.05) is 35.5 Å². The van der Waals surface area contributed by atoms with E-state index in [1.165, 1.54) is 36.7 Å². The van der Waals surface area contributed by atoms with Crippen molar-refractivity contribution in [2.75, 3.05) is 0 Å². The Morgan fingerprint density at radius 1 is 1.15 bits per heavy atom. The van der Waals surface area contributed by atoms with Gasteiger partial charge >= 0.3 is 0 Å². The first-order chi connectivity index (χ1) is 9.70. The van der Waals surface area contributed by atoms with E-state index in [1.54, 1.807) is 6.07 Å². The Hall–Kier alpha value is -1.03. The van der Waals surface area contributed by atoms with Gasteiger partial charge in [0.25, 0.3) is 0 Å². The Balaban J connectivity index is 1.69. The number of benzene rings is 2. The van der Waals surface area contributed by atoms with Crippen LogP contribution in [-0.4, -0.2) is 6.04 Å². The molecule has 0 atom stereocenters. The van der Waals surface area contributed by atoms with Gasteiger partial charge in [0, 0.05) is 27.4 Å². The predicted molar refractivity (Wildman–Crippen MR) is 81.8 cm³/mol. The summed E-state index contributed by atoms with van der Waals surface area (Å²) in [7, 11) is 0. The van der Waals surface area contributed by atoms with E-state index in [2.05, 4.69) is 5.32 Å². The van der Waals surface area contributed by atoms with E-state index in [0.717, 1.165) is 26.9 Å². The molecule has 0 aromatic heterocycles. The van der Waals surface area contributed by atoms with Crippen molar-refractivity contribution in [2.24, 2.45) is 0 Å². The molecule has 0 bridgehead atoms. The summed E-state index contributed by atoms with van der Waals surface area (Å²) in [5.41, 5.74) is 1.11. The van der Waals surface area contributed by atoms with Gasteiger partial charge in [0.1, 0.15) is 5.82 Å². The summed E-state index contributed by atoms with van der Waals surface area (Å²) in [4.78, 5) is 1.90. The minimum atomic E-state index is -0.216. The summed E-state index contributed by atoms with van der Waals surface area (Å²) in [5.74, 6) is -0.216. The summed E-state index contributed by atoms with van der Waals surface area (Å²) in [6.07, 6.45) is 2.54. The van der Waals surface area contributed by atoms with E-state index < -0.39 is 0 Å². The van der Waals surface area contributed by atoms with Crippen LogP contribution in [0.3, 0.4) is 0 Å². The van der Waals surface area contributed by atoms with Crippen LogP contribution >= 0.6 is 23.4 Å². The van der Waals surface area contributed by atoms with Crippen molar-refractivity contribution in [3.05, 3.63) is 58.9 Å². The quantitative estimate of drug-likeness (QED) is 0.844. The number of hydrogen-bond donors (Lipinski definition) is 1. The van der Waals surface area contributed by atoms with Crippen LogP contribution in [-0.2, 0) is 6.54 Å². The van der Waals surface area contributed by atoms with Crippen molar-refractivity contribution < 1.29 is 4.39 Å². The molecular formula is C16H15ClFNS. The van der Waals surface area contributed by atoms with Crippen LogP contribution in [0.2, 0.25) is 5.02 Å². The van der Waals surface area contributed by atoms with Crippen LogP contribution < -0.4 is 5.32 Å². The molecule has 0 amide bonds. The van der Waals surface area contributed by atoms with Gasteiger partial charge in [-0.3, -0.25) is 0 Å². The third-order valence-electron chi connectivity index (χ3n) is 3.21. The highest BCUT2D eigenvalue weighted by molar-refractivity contribution is 7.99. The van der Waals surface area contributed by atoms with E-state index in [1.807, 2.05) is 24.3 Å². The summed E-state index contributed by atoms with van der Waals surface area (Å²) in [6.45, 7) is 0.814. The lowest BCUT2D eigenvalue weighted by molar-refractivity contribution is 0.624. The minimum absolute atomic E-state index is 0.216. The highest BCUT2D eigenvalue weighted by Crippen LogP contribution is 2.31. The van der Waals surface area contributed by atoms with Crippen molar-refractivity contribution >= 4 is 23.4 Å². The van der Waals surface area contributed by atoms with Crippen LogP contribution in [0.4, 0.5) is 4.39 Å². The fourth-order valence-corrected chi connectivity index (χ4v) is 3.16. The molecule has 2 aromatic rings. The second-order valence-corrected chi connectivity index (χ2v) is 6.52. The fourth-order valence-electron chi connectivity index (χ4n) is 1.94. The first-order valence-electron chi connectivity index (χ1n) is 6.66. The standard InChI is InChI=1S/C16H15ClFNS/c17-16-9-15(20-14-3-1-2-12(18)8-14)7-4-11(16)10-19-13-5-6-13/h1-4,7-9,13,19H,5-6,10H2. The molecule has 2 aromatic carbocycles. The van der Waals surface area contributed by atoms with Gasteiger partial charge in [-0.25, -0.2) is 4.39 Å². The van der Waals surface area contributed by atoms with E-state index >= 15 is 0 Å². The number of hydrogen-bond acceptors (Lipinski definition) is 2. The molecule has 1 N–H and O–H groups in total. The van der Waals surface area contributed by atoms with E-state index in [-0.39, 0.29) is 5.82 Å². The maximum Gasteiger partial charge on any atom is 0.124 e. The number of halogens is 2. The molecule has 1 fully saturated rings. The van der Waals surface area contributed by atoms with E-state index in [4.69, 9.17) is 11.6 Å². The molecule has 0 radical (unpaired) electrons. The minimum Gasteiger partial charge on any atom is -0.310 e. The molecule has 1 nitrogen and oxygen atoms in total. The summed E-state index contributed by atoms with van der Waals surface area (Å²) in [6, 6.07) is 13.3. The van der Waals surface area contributed by atoms with Gasteiger partial charge in [0.15, 0.2) is 0 Å². The SMILES string of the molecule is Fc1cccc(Sc2ccc(CNC3CC3)c(Cl)c2)c1.